The number of non-ortho nitro benzene ring substituents is 1. The van der Waals surface area contributed by atoms with Gasteiger partial charge in [0.2, 0.25) is 0 Å². The van der Waals surface area contributed by atoms with Gasteiger partial charge >= 0.3 is 0 Å². The highest BCUT2D eigenvalue weighted by Crippen LogP contribution is 2.23. The third kappa shape index (κ3) is 4.01. The van der Waals surface area contributed by atoms with E-state index in [-0.39, 0.29) is 11.4 Å². The van der Waals surface area contributed by atoms with E-state index in [4.69, 9.17) is 0 Å². The van der Waals surface area contributed by atoms with Crippen LogP contribution in [0.3, 0.4) is 0 Å². The molecule has 0 spiro atoms. The van der Waals surface area contributed by atoms with Gasteiger partial charge in [0, 0.05) is 17.7 Å². The van der Waals surface area contributed by atoms with Crippen LogP contribution in [0.5, 0.6) is 0 Å². The molecule has 8 heteroatoms. The third-order valence-corrected chi connectivity index (χ3v) is 4.35. The number of carbonyl (C=O) groups is 1. The molecule has 1 heterocycles. The second kappa shape index (κ2) is 7.73. The lowest BCUT2D eigenvalue weighted by Gasteiger charge is -2.00. The zero-order chi connectivity index (χ0) is 20.2. The predicted octanol–water partition coefficient (Wildman–Crippen LogP) is 3.90. The summed E-state index contributed by atoms with van der Waals surface area (Å²) in [5.41, 5.74) is 4.84. The molecule has 0 bridgehead atoms. The third-order valence-electron chi connectivity index (χ3n) is 4.35. The number of nitro groups is 1. The monoisotopic (exact) mass is 385 g/mol. The second-order valence-electron chi connectivity index (χ2n) is 6.28. The Morgan fingerprint density at radius 1 is 1.03 bits per heavy atom. The van der Waals surface area contributed by atoms with E-state index in [0.717, 1.165) is 16.3 Å². The van der Waals surface area contributed by atoms with E-state index in [0.29, 0.717) is 11.3 Å². The Labute approximate surface area is 165 Å². The molecule has 0 aliphatic carbocycles. The number of H-pyrrole nitrogens is 1. The van der Waals surface area contributed by atoms with Gasteiger partial charge in [0.25, 0.3) is 11.6 Å². The Morgan fingerprint density at radius 2 is 1.79 bits per heavy atom. The number of amides is 1. The standard InChI is InChI=1S/C21H15N5O3/c27-21(25-22-13-14-5-9-18(10-6-14)26(28)29)20-12-19(23-24-20)17-8-7-15-3-1-2-4-16(15)11-17/h1-13H,(H,23,24)(H,25,27)/b22-13+. The predicted molar refractivity (Wildman–Crippen MR) is 110 cm³/mol. The number of hydrogen-bond donors (Lipinski definition) is 2. The Kier molecular flexibility index (Phi) is 4.81. The SMILES string of the molecule is O=C(N/N=C/c1ccc([N+](=O)[O-])cc1)c1cc(-c2ccc3ccccc3c2)n[nH]1. The highest BCUT2D eigenvalue weighted by atomic mass is 16.6. The lowest BCUT2D eigenvalue weighted by atomic mass is 10.1. The molecule has 0 aliphatic rings. The topological polar surface area (TPSA) is 113 Å². The quantitative estimate of drug-likeness (QED) is 0.308. The van der Waals surface area contributed by atoms with Gasteiger partial charge in [0.1, 0.15) is 5.69 Å². The molecule has 0 aliphatic heterocycles. The van der Waals surface area contributed by atoms with Crippen LogP contribution in [-0.4, -0.2) is 27.2 Å². The summed E-state index contributed by atoms with van der Waals surface area (Å²) in [5, 5.41) is 23.7. The minimum Gasteiger partial charge on any atom is -0.272 e. The van der Waals surface area contributed by atoms with E-state index < -0.39 is 10.8 Å². The summed E-state index contributed by atoms with van der Waals surface area (Å²) in [6, 6.07) is 21.5. The molecule has 0 saturated carbocycles. The Morgan fingerprint density at radius 3 is 2.55 bits per heavy atom. The van der Waals surface area contributed by atoms with Crippen molar-refractivity contribution >= 4 is 28.6 Å². The first kappa shape index (κ1) is 18.1. The summed E-state index contributed by atoms with van der Waals surface area (Å²) in [6.45, 7) is 0. The van der Waals surface area contributed by atoms with Crippen LogP contribution in [0.15, 0.2) is 77.9 Å². The van der Waals surface area contributed by atoms with Gasteiger partial charge in [-0.05, 0) is 40.6 Å². The van der Waals surface area contributed by atoms with Gasteiger partial charge in [-0.1, -0.05) is 36.4 Å². The van der Waals surface area contributed by atoms with E-state index >= 15 is 0 Å². The average Bonchev–Trinajstić information content (AvgIpc) is 3.24. The fourth-order valence-corrected chi connectivity index (χ4v) is 2.84. The molecular formula is C21H15N5O3. The largest absolute Gasteiger partial charge is 0.289 e. The van der Waals surface area contributed by atoms with Crippen molar-refractivity contribution in [3.8, 4) is 11.3 Å². The van der Waals surface area contributed by atoms with Crippen LogP contribution in [0.25, 0.3) is 22.0 Å². The number of hydrogen-bond acceptors (Lipinski definition) is 5. The lowest BCUT2D eigenvalue weighted by molar-refractivity contribution is -0.384. The lowest BCUT2D eigenvalue weighted by Crippen LogP contribution is -2.17. The summed E-state index contributed by atoms with van der Waals surface area (Å²) in [6.07, 6.45) is 1.40. The molecule has 0 unspecified atom stereocenters. The number of nitrogens with one attached hydrogen (secondary N) is 2. The number of nitro benzene ring substituents is 1. The molecular weight excluding hydrogens is 370 g/mol. The summed E-state index contributed by atoms with van der Waals surface area (Å²) in [4.78, 5) is 22.4. The van der Waals surface area contributed by atoms with E-state index in [2.05, 4.69) is 20.7 Å². The molecule has 29 heavy (non-hydrogen) atoms. The molecule has 1 amide bonds. The van der Waals surface area contributed by atoms with Gasteiger partial charge in [0.05, 0.1) is 16.8 Å². The number of hydrazone groups is 1. The number of fused-ring (bicyclic) bond motifs is 1. The van der Waals surface area contributed by atoms with Crippen LogP contribution in [0.1, 0.15) is 16.1 Å². The normalized spacial score (nSPS) is 11.0. The van der Waals surface area contributed by atoms with Gasteiger partial charge in [-0.15, -0.1) is 0 Å². The van der Waals surface area contributed by atoms with Gasteiger partial charge in [-0.2, -0.15) is 10.2 Å². The van der Waals surface area contributed by atoms with Crippen molar-refractivity contribution in [2.75, 3.05) is 0 Å². The molecule has 0 saturated heterocycles. The molecule has 0 fully saturated rings. The minimum atomic E-state index is -0.478. The summed E-state index contributed by atoms with van der Waals surface area (Å²) >= 11 is 0. The van der Waals surface area contributed by atoms with E-state index in [1.54, 1.807) is 18.2 Å². The van der Waals surface area contributed by atoms with Crippen LogP contribution in [-0.2, 0) is 0 Å². The summed E-state index contributed by atoms with van der Waals surface area (Å²) in [5.74, 6) is -0.442. The fraction of sp³-hybridized carbons (Fsp3) is 0. The smallest absolute Gasteiger partial charge is 0.272 e. The second-order valence-corrected chi connectivity index (χ2v) is 6.28. The Balaban J connectivity index is 1.44. The van der Waals surface area contributed by atoms with E-state index in [1.165, 1.54) is 18.3 Å². The number of nitrogens with zero attached hydrogens (tertiary/aromatic N) is 3. The molecule has 4 aromatic rings. The van der Waals surface area contributed by atoms with E-state index in [9.17, 15) is 14.9 Å². The Hall–Kier alpha value is -4.33. The van der Waals surface area contributed by atoms with Crippen LogP contribution >= 0.6 is 0 Å². The van der Waals surface area contributed by atoms with Crippen molar-refractivity contribution in [1.29, 1.82) is 0 Å². The molecule has 142 valence electrons. The maximum absolute atomic E-state index is 12.2. The number of aromatic nitrogens is 2. The van der Waals surface area contributed by atoms with Crippen molar-refractivity contribution in [3.05, 3.63) is 94.2 Å². The summed E-state index contributed by atoms with van der Waals surface area (Å²) < 4.78 is 0. The number of rotatable bonds is 5. The van der Waals surface area contributed by atoms with Crippen molar-refractivity contribution in [1.82, 2.24) is 15.6 Å². The van der Waals surface area contributed by atoms with Gasteiger partial charge in [0.15, 0.2) is 0 Å². The molecule has 4 rings (SSSR count). The highest BCUT2D eigenvalue weighted by Gasteiger charge is 2.11. The molecule has 3 aromatic carbocycles. The molecule has 0 radical (unpaired) electrons. The molecule has 0 atom stereocenters. The summed E-state index contributed by atoms with van der Waals surface area (Å²) in [7, 11) is 0. The zero-order valence-corrected chi connectivity index (χ0v) is 15.1. The van der Waals surface area contributed by atoms with Gasteiger partial charge in [-0.25, -0.2) is 5.43 Å². The van der Waals surface area contributed by atoms with Crippen molar-refractivity contribution < 1.29 is 9.72 Å². The average molecular weight is 385 g/mol. The van der Waals surface area contributed by atoms with Crippen LogP contribution < -0.4 is 5.43 Å². The Bertz CT molecular complexity index is 1230. The first-order valence-corrected chi connectivity index (χ1v) is 8.72. The highest BCUT2D eigenvalue weighted by molar-refractivity contribution is 5.94. The number of benzene rings is 3. The zero-order valence-electron chi connectivity index (χ0n) is 15.1. The van der Waals surface area contributed by atoms with Crippen LogP contribution in [0.4, 0.5) is 5.69 Å². The number of aromatic amines is 1. The van der Waals surface area contributed by atoms with Crippen molar-refractivity contribution in [2.45, 2.75) is 0 Å². The number of carbonyl (C=O) groups excluding carboxylic acids is 1. The molecule has 8 nitrogen and oxygen atoms in total. The fourth-order valence-electron chi connectivity index (χ4n) is 2.84. The van der Waals surface area contributed by atoms with Crippen LogP contribution in [0, 0.1) is 10.1 Å². The van der Waals surface area contributed by atoms with Gasteiger partial charge < -0.3 is 0 Å². The minimum absolute atomic E-state index is 0.00938. The van der Waals surface area contributed by atoms with E-state index in [1.807, 2.05) is 42.5 Å². The molecule has 1 aromatic heterocycles. The maximum atomic E-state index is 12.2. The molecule has 2 N–H and O–H groups in total. The van der Waals surface area contributed by atoms with Crippen molar-refractivity contribution in [2.24, 2.45) is 5.10 Å². The van der Waals surface area contributed by atoms with Gasteiger partial charge in [-0.3, -0.25) is 20.0 Å². The van der Waals surface area contributed by atoms with Crippen molar-refractivity contribution in [3.63, 3.8) is 0 Å². The first-order valence-electron chi connectivity index (χ1n) is 8.72. The first-order chi connectivity index (χ1) is 14.1. The maximum Gasteiger partial charge on any atom is 0.289 e. The van der Waals surface area contributed by atoms with Crippen LogP contribution in [0.2, 0.25) is 0 Å².